The van der Waals surface area contributed by atoms with E-state index >= 15 is 0 Å². The van der Waals surface area contributed by atoms with Gasteiger partial charge in [0.15, 0.2) is 0 Å². The molecule has 0 heterocycles. The van der Waals surface area contributed by atoms with Crippen LogP contribution in [-0.4, -0.2) is 22.1 Å². The number of anilines is 1. The van der Waals surface area contributed by atoms with Crippen LogP contribution in [0.3, 0.4) is 0 Å². The molecule has 0 aliphatic rings. The molecule has 6 heteroatoms. The molecule has 3 N–H and O–H groups in total. The lowest BCUT2D eigenvalue weighted by Crippen LogP contribution is -2.16. The third-order valence-corrected chi connectivity index (χ3v) is 2.76. The number of aromatic hydroxyl groups is 1. The van der Waals surface area contributed by atoms with E-state index in [2.05, 4.69) is 5.32 Å². The van der Waals surface area contributed by atoms with E-state index in [1.165, 1.54) is 30.3 Å². The fourth-order valence-corrected chi connectivity index (χ4v) is 1.84. The number of carboxylic acids is 1. The van der Waals surface area contributed by atoms with Crippen molar-refractivity contribution in [3.05, 3.63) is 59.4 Å². The third-order valence-electron chi connectivity index (χ3n) is 2.76. The van der Waals surface area contributed by atoms with Crippen molar-refractivity contribution >= 4 is 17.6 Å². The van der Waals surface area contributed by atoms with E-state index in [4.69, 9.17) is 5.11 Å². The molecule has 0 unspecified atom stereocenters. The summed E-state index contributed by atoms with van der Waals surface area (Å²) < 4.78 is 13.0. The lowest BCUT2D eigenvalue weighted by molar-refractivity contribution is -0.115. The first-order chi connectivity index (χ1) is 9.95. The summed E-state index contributed by atoms with van der Waals surface area (Å²) in [5, 5.41) is 20.7. The number of benzene rings is 2. The average molecular weight is 289 g/mol. The molecule has 5 nitrogen and oxygen atoms in total. The highest BCUT2D eigenvalue weighted by atomic mass is 19.1. The van der Waals surface area contributed by atoms with Crippen LogP contribution in [0.5, 0.6) is 5.75 Å². The Hall–Kier alpha value is -2.89. The number of rotatable bonds is 4. The highest BCUT2D eigenvalue weighted by Gasteiger charge is 2.13. The quantitative estimate of drug-likeness (QED) is 0.754. The maximum atomic E-state index is 13.0. The molecule has 0 aliphatic carbocycles. The number of carbonyl (C=O) groups excluding carboxylic acids is 1. The van der Waals surface area contributed by atoms with Crippen LogP contribution >= 0.6 is 0 Å². The number of halogens is 1. The smallest absolute Gasteiger partial charge is 0.337 e. The van der Waals surface area contributed by atoms with Crippen LogP contribution in [0.25, 0.3) is 0 Å². The largest absolute Gasteiger partial charge is 0.508 e. The van der Waals surface area contributed by atoms with E-state index in [-0.39, 0.29) is 23.4 Å². The summed E-state index contributed by atoms with van der Waals surface area (Å²) in [6, 6.07) is 9.18. The van der Waals surface area contributed by atoms with Crippen molar-refractivity contribution in [3.63, 3.8) is 0 Å². The Morgan fingerprint density at radius 2 is 1.90 bits per heavy atom. The van der Waals surface area contributed by atoms with Crippen molar-refractivity contribution < 1.29 is 24.2 Å². The minimum Gasteiger partial charge on any atom is -0.508 e. The number of hydrogen-bond donors (Lipinski definition) is 3. The molecule has 0 spiro atoms. The van der Waals surface area contributed by atoms with Gasteiger partial charge in [0, 0.05) is 0 Å². The van der Waals surface area contributed by atoms with Gasteiger partial charge in [-0.3, -0.25) is 4.79 Å². The molecule has 0 bridgehead atoms. The second kappa shape index (κ2) is 6.04. The molecule has 2 aromatic rings. The fraction of sp³-hybridized carbons (Fsp3) is 0.0667. The zero-order valence-corrected chi connectivity index (χ0v) is 10.8. The van der Waals surface area contributed by atoms with Gasteiger partial charge in [0.1, 0.15) is 11.6 Å². The molecule has 2 rings (SSSR count). The van der Waals surface area contributed by atoms with E-state index in [9.17, 15) is 19.1 Å². The molecule has 21 heavy (non-hydrogen) atoms. The Morgan fingerprint density at radius 3 is 2.57 bits per heavy atom. The molecule has 0 atom stereocenters. The second-order valence-corrected chi connectivity index (χ2v) is 4.39. The van der Waals surface area contributed by atoms with Crippen LogP contribution in [0.4, 0.5) is 10.1 Å². The molecule has 0 fully saturated rings. The van der Waals surface area contributed by atoms with E-state index in [0.717, 1.165) is 6.07 Å². The summed E-state index contributed by atoms with van der Waals surface area (Å²) in [5.74, 6) is -2.41. The summed E-state index contributed by atoms with van der Waals surface area (Å²) >= 11 is 0. The van der Waals surface area contributed by atoms with Crippen molar-refractivity contribution in [2.45, 2.75) is 6.42 Å². The van der Waals surface area contributed by atoms with Gasteiger partial charge < -0.3 is 15.5 Å². The van der Waals surface area contributed by atoms with Gasteiger partial charge in [-0.25, -0.2) is 9.18 Å². The molecule has 0 saturated carbocycles. The number of phenolic OH excluding ortho intramolecular Hbond substituents is 1. The Kier molecular flexibility index (Phi) is 4.18. The van der Waals surface area contributed by atoms with E-state index in [0.29, 0.717) is 5.56 Å². The Labute approximate surface area is 119 Å². The molecule has 1 amide bonds. The van der Waals surface area contributed by atoms with Crippen LogP contribution in [0, 0.1) is 5.82 Å². The van der Waals surface area contributed by atoms with Crippen LogP contribution in [0.1, 0.15) is 15.9 Å². The summed E-state index contributed by atoms with van der Waals surface area (Å²) in [6.07, 6.45) is -0.0856. The van der Waals surface area contributed by atoms with Gasteiger partial charge in [0.25, 0.3) is 0 Å². The first-order valence-electron chi connectivity index (χ1n) is 6.06. The predicted molar refractivity (Wildman–Crippen MR) is 73.8 cm³/mol. The lowest BCUT2D eigenvalue weighted by atomic mass is 10.1. The zero-order chi connectivity index (χ0) is 15.4. The van der Waals surface area contributed by atoms with Gasteiger partial charge in [0.2, 0.25) is 5.91 Å². The van der Waals surface area contributed by atoms with E-state index < -0.39 is 17.7 Å². The molecule has 0 saturated heterocycles. The zero-order valence-electron chi connectivity index (χ0n) is 10.8. The molecular formula is C15H12FNO4. The highest BCUT2D eigenvalue weighted by Crippen LogP contribution is 2.21. The van der Waals surface area contributed by atoms with Gasteiger partial charge in [-0.05, 0) is 35.9 Å². The Morgan fingerprint density at radius 1 is 1.14 bits per heavy atom. The maximum Gasteiger partial charge on any atom is 0.337 e. The van der Waals surface area contributed by atoms with Crippen molar-refractivity contribution in [2.75, 3.05) is 5.32 Å². The van der Waals surface area contributed by atoms with Gasteiger partial charge in [-0.2, -0.15) is 0 Å². The lowest BCUT2D eigenvalue weighted by Gasteiger charge is -2.09. The third kappa shape index (κ3) is 3.79. The molecular weight excluding hydrogens is 277 g/mol. The van der Waals surface area contributed by atoms with Crippen molar-refractivity contribution in [2.24, 2.45) is 0 Å². The Bertz CT molecular complexity index is 700. The summed E-state index contributed by atoms with van der Waals surface area (Å²) in [4.78, 5) is 22.9. The van der Waals surface area contributed by atoms with Crippen LogP contribution < -0.4 is 5.32 Å². The highest BCUT2D eigenvalue weighted by molar-refractivity contribution is 6.01. The van der Waals surface area contributed by atoms with Gasteiger partial charge in [-0.1, -0.05) is 12.1 Å². The number of carboxylic acid groups (broad SMARTS) is 1. The molecule has 0 radical (unpaired) electrons. The minimum atomic E-state index is -1.27. The summed E-state index contributed by atoms with van der Waals surface area (Å²) in [5.41, 5.74) is 0.326. The van der Waals surface area contributed by atoms with E-state index in [1.807, 2.05) is 0 Å². The van der Waals surface area contributed by atoms with Gasteiger partial charge in [-0.15, -0.1) is 0 Å². The van der Waals surface area contributed by atoms with Crippen molar-refractivity contribution in [1.82, 2.24) is 0 Å². The number of hydrogen-bond acceptors (Lipinski definition) is 3. The average Bonchev–Trinajstić information content (AvgIpc) is 2.40. The van der Waals surface area contributed by atoms with E-state index in [1.54, 1.807) is 6.07 Å². The maximum absolute atomic E-state index is 13.0. The minimum absolute atomic E-state index is 0.0710. The number of phenols is 1. The number of aromatic carboxylic acids is 1. The molecule has 0 aromatic heterocycles. The number of carbonyl (C=O) groups is 2. The normalized spacial score (nSPS) is 10.1. The first-order valence-corrected chi connectivity index (χ1v) is 6.06. The number of nitrogens with one attached hydrogen (secondary N) is 1. The SMILES string of the molecule is O=C(Cc1cccc(F)c1)Nc1ccc(O)cc1C(=O)O. The summed E-state index contributed by atoms with van der Waals surface area (Å²) in [7, 11) is 0. The fourth-order valence-electron chi connectivity index (χ4n) is 1.84. The first kappa shape index (κ1) is 14.5. The van der Waals surface area contributed by atoms with Crippen LogP contribution in [-0.2, 0) is 11.2 Å². The van der Waals surface area contributed by atoms with Gasteiger partial charge in [0.05, 0.1) is 17.7 Å². The van der Waals surface area contributed by atoms with Crippen LogP contribution in [0.2, 0.25) is 0 Å². The van der Waals surface area contributed by atoms with Crippen molar-refractivity contribution in [3.8, 4) is 5.75 Å². The van der Waals surface area contributed by atoms with Crippen molar-refractivity contribution in [1.29, 1.82) is 0 Å². The molecule has 0 aliphatic heterocycles. The second-order valence-electron chi connectivity index (χ2n) is 4.39. The van der Waals surface area contributed by atoms with Gasteiger partial charge >= 0.3 is 5.97 Å². The monoisotopic (exact) mass is 289 g/mol. The van der Waals surface area contributed by atoms with Crippen LogP contribution in [0.15, 0.2) is 42.5 Å². The Balaban J connectivity index is 2.15. The summed E-state index contributed by atoms with van der Waals surface area (Å²) in [6.45, 7) is 0. The predicted octanol–water partition coefficient (Wildman–Crippen LogP) is 2.41. The molecule has 2 aromatic carbocycles. The topological polar surface area (TPSA) is 86.6 Å². The standard InChI is InChI=1S/C15H12FNO4/c16-10-3-1-2-9(6-10)7-14(19)17-13-5-4-11(18)8-12(13)15(20)21/h1-6,8,18H,7H2,(H,17,19)(H,20,21). The molecule has 108 valence electrons. The number of amides is 1.